The maximum Gasteiger partial charge on any atom is 0.176 e. The van der Waals surface area contributed by atoms with E-state index in [-0.39, 0.29) is 18.0 Å². The highest BCUT2D eigenvalue weighted by Crippen LogP contribution is 2.20. The molecule has 2 aliphatic rings. The Hall–Kier alpha value is -2.92. The van der Waals surface area contributed by atoms with Gasteiger partial charge in [0.2, 0.25) is 0 Å². The van der Waals surface area contributed by atoms with Gasteiger partial charge in [0.05, 0.1) is 37.5 Å². The number of Topliss-reactive ketones (excluding diaryl/α,β-unsaturated/α-hetero) is 1. The molecule has 4 rings (SSSR count). The summed E-state index contributed by atoms with van der Waals surface area (Å²) in [6, 6.07) is 16.5. The molecule has 7 heteroatoms. The van der Waals surface area contributed by atoms with E-state index in [0.29, 0.717) is 24.3 Å². The molecule has 0 spiro atoms. The fourth-order valence-corrected chi connectivity index (χ4v) is 4.16. The van der Waals surface area contributed by atoms with Crippen LogP contribution in [0.3, 0.4) is 0 Å². The van der Waals surface area contributed by atoms with Crippen LogP contribution in [0.2, 0.25) is 0 Å². The number of carbonyl (C=O) groups is 1. The molecule has 2 aromatic carbocycles. The van der Waals surface area contributed by atoms with Crippen LogP contribution < -0.4 is 9.47 Å². The van der Waals surface area contributed by atoms with Gasteiger partial charge in [0, 0.05) is 38.3 Å². The molecule has 2 heterocycles. The highest BCUT2D eigenvalue weighted by molar-refractivity contribution is 5.97. The first kappa shape index (κ1) is 21.3. The minimum atomic E-state index is 0.103. The van der Waals surface area contributed by atoms with Crippen molar-refractivity contribution in [3.05, 3.63) is 59.7 Å². The van der Waals surface area contributed by atoms with Gasteiger partial charge in [-0.25, -0.2) is 0 Å². The first-order valence-electron chi connectivity index (χ1n) is 10.5. The summed E-state index contributed by atoms with van der Waals surface area (Å²) in [6.45, 7) is 4.99. The fraction of sp³-hybridized carbons (Fsp3) is 0.417. The van der Waals surface area contributed by atoms with E-state index in [0.717, 1.165) is 44.2 Å². The van der Waals surface area contributed by atoms with Gasteiger partial charge < -0.3 is 14.2 Å². The van der Waals surface area contributed by atoms with Gasteiger partial charge in [0.1, 0.15) is 18.1 Å². The number of hydrogen-bond donors (Lipinski definition) is 0. The molecule has 0 aromatic heterocycles. The van der Waals surface area contributed by atoms with E-state index in [1.54, 1.807) is 19.2 Å². The van der Waals surface area contributed by atoms with Crippen LogP contribution in [0.5, 0.6) is 11.5 Å². The third kappa shape index (κ3) is 5.61. The van der Waals surface area contributed by atoms with Crippen LogP contribution in [0, 0.1) is 11.3 Å². The van der Waals surface area contributed by atoms with Gasteiger partial charge in [-0.05, 0) is 48.5 Å². The summed E-state index contributed by atoms with van der Waals surface area (Å²) in [5.41, 5.74) is 1.34. The van der Waals surface area contributed by atoms with Crippen LogP contribution in [0.25, 0.3) is 0 Å². The van der Waals surface area contributed by atoms with Crippen LogP contribution in [-0.2, 0) is 4.74 Å². The molecule has 2 saturated heterocycles. The van der Waals surface area contributed by atoms with Crippen molar-refractivity contribution >= 4 is 5.78 Å². The normalized spacial score (nSPS) is 21.3. The molecule has 2 bridgehead atoms. The first-order chi connectivity index (χ1) is 15.1. The van der Waals surface area contributed by atoms with Gasteiger partial charge in [-0.15, -0.1) is 0 Å². The zero-order valence-electron chi connectivity index (χ0n) is 17.7. The van der Waals surface area contributed by atoms with E-state index in [4.69, 9.17) is 19.5 Å². The van der Waals surface area contributed by atoms with Crippen molar-refractivity contribution in [3.8, 4) is 17.6 Å². The zero-order valence-corrected chi connectivity index (χ0v) is 17.7. The number of methoxy groups -OCH3 is 1. The molecule has 31 heavy (non-hydrogen) atoms. The number of ether oxygens (including phenoxy) is 3. The van der Waals surface area contributed by atoms with Crippen LogP contribution in [-0.4, -0.2) is 80.8 Å². The molecule has 0 radical (unpaired) electrons. The van der Waals surface area contributed by atoms with Gasteiger partial charge in [0.25, 0.3) is 0 Å². The highest BCUT2D eigenvalue weighted by Gasteiger charge is 2.35. The average molecular weight is 421 g/mol. The number of hydrogen-bond acceptors (Lipinski definition) is 7. The minimum Gasteiger partial charge on any atom is -0.497 e. The summed E-state index contributed by atoms with van der Waals surface area (Å²) < 4.78 is 17.1. The Bertz CT molecular complexity index is 909. The molecule has 0 saturated carbocycles. The van der Waals surface area contributed by atoms with E-state index in [1.165, 1.54) is 0 Å². The van der Waals surface area contributed by atoms with Crippen LogP contribution in [0.4, 0.5) is 0 Å². The lowest BCUT2D eigenvalue weighted by atomic mass is 10.1. The second-order valence-corrected chi connectivity index (χ2v) is 7.97. The maximum atomic E-state index is 12.6. The molecule has 0 amide bonds. The van der Waals surface area contributed by atoms with Crippen LogP contribution >= 0.6 is 0 Å². The predicted octanol–water partition coefficient (Wildman–Crippen LogP) is 2.21. The van der Waals surface area contributed by atoms with Gasteiger partial charge in [-0.2, -0.15) is 5.26 Å². The van der Waals surface area contributed by atoms with Crippen molar-refractivity contribution in [3.63, 3.8) is 0 Å². The van der Waals surface area contributed by atoms with Crippen molar-refractivity contribution < 1.29 is 19.0 Å². The second kappa shape index (κ2) is 9.92. The molecule has 2 fully saturated rings. The lowest BCUT2D eigenvalue weighted by Crippen LogP contribution is -2.60. The smallest absolute Gasteiger partial charge is 0.176 e. The van der Waals surface area contributed by atoms with Crippen LogP contribution in [0.1, 0.15) is 15.9 Å². The largest absolute Gasteiger partial charge is 0.497 e. The summed E-state index contributed by atoms with van der Waals surface area (Å²) in [5.74, 6) is 1.65. The predicted molar refractivity (Wildman–Crippen MR) is 116 cm³/mol. The number of rotatable bonds is 8. The number of carbonyl (C=O) groups excluding carboxylic acids is 1. The van der Waals surface area contributed by atoms with Crippen molar-refractivity contribution in [2.75, 3.05) is 53.0 Å². The zero-order chi connectivity index (χ0) is 21.6. The number of nitrogens with zero attached hydrogens (tertiary/aromatic N) is 3. The number of fused-ring (bicyclic) bond motifs is 2. The van der Waals surface area contributed by atoms with Gasteiger partial charge >= 0.3 is 0 Å². The van der Waals surface area contributed by atoms with E-state index < -0.39 is 0 Å². The number of ketones is 1. The third-order valence-corrected chi connectivity index (χ3v) is 5.67. The summed E-state index contributed by atoms with van der Waals surface area (Å²) in [7, 11) is 1.62. The molecule has 162 valence electrons. The Morgan fingerprint density at radius 3 is 2.23 bits per heavy atom. The molecular formula is C24H27N3O4. The molecule has 7 nitrogen and oxygen atoms in total. The Morgan fingerprint density at radius 1 is 1.00 bits per heavy atom. The molecule has 0 aliphatic carbocycles. The molecule has 2 unspecified atom stereocenters. The second-order valence-electron chi connectivity index (χ2n) is 7.97. The fourth-order valence-electron chi connectivity index (χ4n) is 4.16. The lowest BCUT2D eigenvalue weighted by Gasteiger charge is -2.45. The van der Waals surface area contributed by atoms with E-state index in [9.17, 15) is 4.79 Å². The van der Waals surface area contributed by atoms with Gasteiger partial charge in [-0.1, -0.05) is 0 Å². The van der Waals surface area contributed by atoms with E-state index in [2.05, 4.69) is 15.9 Å². The molecular weight excluding hydrogens is 394 g/mol. The standard InChI is InChI=1S/C24H27N3O4/c1-29-20-8-4-19(5-9-20)24(28)17-27-15-22-13-26(14-23(16-27)31-22)10-11-30-21-6-2-18(12-25)3-7-21/h2-9,22-23H,10-11,13-17H2,1H3. The van der Waals surface area contributed by atoms with Gasteiger partial charge in [-0.3, -0.25) is 14.6 Å². The molecule has 2 atom stereocenters. The minimum absolute atomic E-state index is 0.103. The Labute approximate surface area is 182 Å². The first-order valence-corrected chi connectivity index (χ1v) is 10.5. The Morgan fingerprint density at radius 2 is 1.61 bits per heavy atom. The number of morpholine rings is 2. The molecule has 2 aromatic rings. The summed E-state index contributed by atoms with van der Waals surface area (Å²) in [5, 5.41) is 8.86. The lowest BCUT2D eigenvalue weighted by molar-refractivity contribution is -0.137. The van der Waals surface area contributed by atoms with Crippen molar-refractivity contribution in [2.24, 2.45) is 0 Å². The Kier molecular flexibility index (Phi) is 6.82. The number of nitriles is 1. The van der Waals surface area contributed by atoms with Crippen molar-refractivity contribution in [2.45, 2.75) is 12.2 Å². The summed E-state index contributed by atoms with van der Waals surface area (Å²) >= 11 is 0. The Balaban J connectivity index is 1.23. The summed E-state index contributed by atoms with van der Waals surface area (Å²) in [6.07, 6.45) is 0.206. The maximum absolute atomic E-state index is 12.6. The quantitative estimate of drug-likeness (QED) is 0.605. The third-order valence-electron chi connectivity index (χ3n) is 5.67. The average Bonchev–Trinajstić information content (AvgIpc) is 2.79. The van der Waals surface area contributed by atoms with E-state index in [1.807, 2.05) is 36.4 Å². The van der Waals surface area contributed by atoms with E-state index >= 15 is 0 Å². The monoisotopic (exact) mass is 421 g/mol. The van der Waals surface area contributed by atoms with Crippen molar-refractivity contribution in [1.82, 2.24) is 9.80 Å². The highest BCUT2D eigenvalue weighted by atomic mass is 16.5. The SMILES string of the molecule is COc1ccc(C(=O)CN2CC3CN(CCOc4ccc(C#N)cc4)CC(C2)O3)cc1. The van der Waals surface area contributed by atoms with Gasteiger partial charge in [0.15, 0.2) is 5.78 Å². The summed E-state index contributed by atoms with van der Waals surface area (Å²) in [4.78, 5) is 17.2. The number of benzene rings is 2. The topological polar surface area (TPSA) is 75.0 Å². The van der Waals surface area contributed by atoms with Crippen LogP contribution in [0.15, 0.2) is 48.5 Å². The molecule has 0 N–H and O–H groups in total. The molecule has 2 aliphatic heterocycles. The van der Waals surface area contributed by atoms with Crippen molar-refractivity contribution in [1.29, 1.82) is 5.26 Å².